The Kier molecular flexibility index (Phi) is 6.18. The van der Waals surface area contributed by atoms with Crippen molar-refractivity contribution in [3.8, 4) is 0 Å². The molecule has 0 aliphatic carbocycles. The molecule has 7 heteroatoms. The number of nitrogens with one attached hydrogen (secondary N) is 1. The van der Waals surface area contributed by atoms with Crippen molar-refractivity contribution in [1.29, 1.82) is 0 Å². The van der Waals surface area contributed by atoms with Crippen LogP contribution in [0.5, 0.6) is 0 Å². The van der Waals surface area contributed by atoms with Crippen LogP contribution in [-0.4, -0.2) is 22.8 Å². The summed E-state index contributed by atoms with van der Waals surface area (Å²) in [6.07, 6.45) is 1.61. The van der Waals surface area contributed by atoms with Gasteiger partial charge in [-0.1, -0.05) is 30.3 Å². The van der Waals surface area contributed by atoms with Gasteiger partial charge in [-0.15, -0.1) is 0 Å². The molecule has 3 aromatic rings. The van der Waals surface area contributed by atoms with Crippen molar-refractivity contribution < 1.29 is 14.1 Å². The molecule has 0 unspecified atom stereocenters. The Morgan fingerprint density at radius 2 is 1.79 bits per heavy atom. The van der Waals surface area contributed by atoms with E-state index in [1.807, 2.05) is 24.3 Å². The van der Waals surface area contributed by atoms with Gasteiger partial charge >= 0.3 is 0 Å². The van der Waals surface area contributed by atoms with E-state index in [1.54, 1.807) is 43.6 Å². The monoisotopic (exact) mass is 379 g/mol. The Morgan fingerprint density at radius 3 is 2.43 bits per heavy atom. The fourth-order valence-electron chi connectivity index (χ4n) is 3.02. The first-order valence-electron chi connectivity index (χ1n) is 8.85. The summed E-state index contributed by atoms with van der Waals surface area (Å²) in [5.41, 5.74) is 2.32. The lowest BCUT2D eigenvalue weighted by atomic mass is 10.1. The van der Waals surface area contributed by atoms with Crippen LogP contribution in [0.2, 0.25) is 0 Å². The molecule has 0 bridgehead atoms. The molecule has 2 aromatic carbocycles. The van der Waals surface area contributed by atoms with Gasteiger partial charge in [0.2, 0.25) is 0 Å². The molecule has 0 spiro atoms. The molecule has 7 nitrogen and oxygen atoms in total. The van der Waals surface area contributed by atoms with E-state index >= 15 is 0 Å². The number of benzene rings is 2. The second-order valence-electron chi connectivity index (χ2n) is 6.39. The van der Waals surface area contributed by atoms with E-state index in [9.17, 15) is 14.9 Å². The molecule has 0 aliphatic heterocycles. The van der Waals surface area contributed by atoms with Gasteiger partial charge in [0.25, 0.3) is 11.6 Å². The zero-order chi connectivity index (χ0) is 19.9. The van der Waals surface area contributed by atoms with E-state index in [-0.39, 0.29) is 16.5 Å². The molecule has 144 valence electrons. The van der Waals surface area contributed by atoms with Crippen molar-refractivity contribution in [3.63, 3.8) is 0 Å². The van der Waals surface area contributed by atoms with E-state index in [1.165, 1.54) is 6.07 Å². The van der Waals surface area contributed by atoms with Crippen molar-refractivity contribution in [2.75, 3.05) is 7.05 Å². The van der Waals surface area contributed by atoms with Gasteiger partial charge in [0.05, 0.1) is 17.7 Å². The lowest BCUT2D eigenvalue weighted by Gasteiger charge is -2.21. The van der Waals surface area contributed by atoms with Crippen molar-refractivity contribution in [1.82, 2.24) is 10.2 Å². The Bertz CT molecular complexity index is 937. The van der Waals surface area contributed by atoms with Gasteiger partial charge in [-0.3, -0.25) is 19.8 Å². The lowest BCUT2D eigenvalue weighted by Crippen LogP contribution is -2.23. The molecule has 0 saturated carbocycles. The molecule has 0 radical (unpaired) electrons. The molecular weight excluding hydrogens is 358 g/mol. The molecule has 3 rings (SSSR count). The molecular formula is C21H21N3O4. The van der Waals surface area contributed by atoms with Crippen LogP contribution >= 0.6 is 0 Å². The van der Waals surface area contributed by atoms with Gasteiger partial charge in [-0.05, 0) is 29.8 Å². The summed E-state index contributed by atoms with van der Waals surface area (Å²) in [7, 11) is 1.59. The van der Waals surface area contributed by atoms with E-state index in [4.69, 9.17) is 4.42 Å². The number of nitro benzene ring substituents is 1. The van der Waals surface area contributed by atoms with Gasteiger partial charge in [0, 0.05) is 37.3 Å². The van der Waals surface area contributed by atoms with Crippen molar-refractivity contribution in [2.24, 2.45) is 0 Å². The number of nitrogens with zero attached hydrogens (tertiary/aromatic N) is 2. The number of carbonyl (C=O) groups excluding carboxylic acids is 1. The number of hydrogen-bond donors (Lipinski definition) is 1. The van der Waals surface area contributed by atoms with Gasteiger partial charge in [0.15, 0.2) is 0 Å². The molecule has 1 amide bonds. The van der Waals surface area contributed by atoms with Crippen molar-refractivity contribution in [3.05, 3.63) is 99.5 Å². The summed E-state index contributed by atoms with van der Waals surface area (Å²) in [6, 6.07) is 17.7. The summed E-state index contributed by atoms with van der Waals surface area (Å²) in [5, 5.41) is 13.9. The Morgan fingerprint density at radius 1 is 1.04 bits per heavy atom. The summed E-state index contributed by atoms with van der Waals surface area (Å²) in [5.74, 6) is 0.638. The maximum absolute atomic E-state index is 11.7. The Hall–Kier alpha value is -3.45. The first kappa shape index (κ1) is 19.3. The van der Waals surface area contributed by atoms with Crippen LogP contribution in [0.3, 0.4) is 0 Å². The molecule has 1 N–H and O–H groups in total. The van der Waals surface area contributed by atoms with Crippen molar-refractivity contribution >= 4 is 11.6 Å². The van der Waals surface area contributed by atoms with Gasteiger partial charge < -0.3 is 9.73 Å². The van der Waals surface area contributed by atoms with Crippen LogP contribution in [0.1, 0.15) is 27.2 Å². The minimum atomic E-state index is -0.363. The van der Waals surface area contributed by atoms with E-state index in [2.05, 4.69) is 10.2 Å². The Labute approximate surface area is 162 Å². The Balaban J connectivity index is 1.81. The van der Waals surface area contributed by atoms with Gasteiger partial charge in [-0.25, -0.2) is 0 Å². The second kappa shape index (κ2) is 8.96. The summed E-state index contributed by atoms with van der Waals surface area (Å²) < 4.78 is 5.45. The largest absolute Gasteiger partial charge is 0.468 e. The smallest absolute Gasteiger partial charge is 0.273 e. The number of nitro groups is 1. The number of rotatable bonds is 8. The predicted molar refractivity (Wildman–Crippen MR) is 105 cm³/mol. The average Bonchev–Trinajstić information content (AvgIpc) is 3.21. The number of carbonyl (C=O) groups is 1. The highest BCUT2D eigenvalue weighted by atomic mass is 16.6. The van der Waals surface area contributed by atoms with E-state index < -0.39 is 0 Å². The quantitative estimate of drug-likeness (QED) is 0.476. The SMILES string of the molecule is CNC(=O)c1ccc(CN(Cc2ccco2)Cc2ccccc2[N+](=O)[O-])cc1. The third-order valence-electron chi connectivity index (χ3n) is 4.39. The van der Waals surface area contributed by atoms with Crippen LogP contribution in [0.25, 0.3) is 0 Å². The minimum Gasteiger partial charge on any atom is -0.468 e. The highest BCUT2D eigenvalue weighted by Gasteiger charge is 2.17. The van der Waals surface area contributed by atoms with Gasteiger partial charge in [0.1, 0.15) is 5.76 Å². The first-order valence-corrected chi connectivity index (χ1v) is 8.85. The standard InChI is InChI=1S/C21H21N3O4/c1-22-21(25)17-10-8-16(9-11-17)13-23(15-19-6-4-12-28-19)14-18-5-2-3-7-20(18)24(26)27/h2-12H,13-15H2,1H3,(H,22,25). The fraction of sp³-hybridized carbons (Fsp3) is 0.190. The summed E-state index contributed by atoms with van der Waals surface area (Å²) in [4.78, 5) is 24.7. The zero-order valence-electron chi connectivity index (χ0n) is 15.5. The van der Waals surface area contributed by atoms with Crippen molar-refractivity contribution in [2.45, 2.75) is 19.6 Å². The fourth-order valence-corrected chi connectivity index (χ4v) is 3.02. The third kappa shape index (κ3) is 4.83. The molecule has 1 heterocycles. The predicted octanol–water partition coefficient (Wildman–Crippen LogP) is 3.75. The molecule has 0 aliphatic rings. The maximum atomic E-state index is 11.7. The summed E-state index contributed by atoms with van der Waals surface area (Å²) >= 11 is 0. The van der Waals surface area contributed by atoms with E-state index in [0.717, 1.165) is 11.3 Å². The average molecular weight is 379 g/mol. The lowest BCUT2D eigenvalue weighted by molar-refractivity contribution is -0.385. The second-order valence-corrected chi connectivity index (χ2v) is 6.39. The minimum absolute atomic E-state index is 0.0990. The van der Waals surface area contributed by atoms with Crippen LogP contribution in [0.15, 0.2) is 71.3 Å². The zero-order valence-corrected chi connectivity index (χ0v) is 15.5. The number of para-hydroxylation sites is 1. The highest BCUT2D eigenvalue weighted by molar-refractivity contribution is 5.93. The maximum Gasteiger partial charge on any atom is 0.273 e. The molecule has 0 atom stereocenters. The van der Waals surface area contributed by atoms with Crippen LogP contribution in [0, 0.1) is 10.1 Å². The van der Waals surface area contributed by atoms with Crippen LogP contribution in [-0.2, 0) is 19.6 Å². The third-order valence-corrected chi connectivity index (χ3v) is 4.39. The molecule has 0 saturated heterocycles. The molecule has 28 heavy (non-hydrogen) atoms. The number of hydrogen-bond acceptors (Lipinski definition) is 5. The number of amides is 1. The topological polar surface area (TPSA) is 88.6 Å². The number of furan rings is 1. The van der Waals surface area contributed by atoms with Crippen LogP contribution < -0.4 is 5.32 Å². The normalized spacial score (nSPS) is 10.8. The van der Waals surface area contributed by atoms with Gasteiger partial charge in [-0.2, -0.15) is 0 Å². The molecule has 0 fully saturated rings. The molecule has 1 aromatic heterocycles. The highest BCUT2D eigenvalue weighted by Crippen LogP contribution is 2.22. The first-order chi connectivity index (χ1) is 13.6. The van der Waals surface area contributed by atoms with Crippen LogP contribution in [0.4, 0.5) is 5.69 Å². The summed E-state index contributed by atoms with van der Waals surface area (Å²) in [6.45, 7) is 1.46. The van der Waals surface area contributed by atoms with E-state index in [0.29, 0.717) is 30.8 Å².